The van der Waals surface area contributed by atoms with Crippen LogP contribution in [0, 0.1) is 0 Å². The molecule has 1 saturated carbocycles. The van der Waals surface area contributed by atoms with E-state index in [4.69, 9.17) is 0 Å². The maximum absolute atomic E-state index is 12.1. The zero-order chi connectivity index (χ0) is 15.9. The van der Waals surface area contributed by atoms with Crippen molar-refractivity contribution in [3.8, 4) is 0 Å². The fourth-order valence-electron chi connectivity index (χ4n) is 2.61. The van der Waals surface area contributed by atoms with Crippen LogP contribution >= 0.6 is 0 Å². The summed E-state index contributed by atoms with van der Waals surface area (Å²) >= 11 is 0. The van der Waals surface area contributed by atoms with Crippen LogP contribution in [0.5, 0.6) is 0 Å². The van der Waals surface area contributed by atoms with Gasteiger partial charge in [-0.1, -0.05) is 30.3 Å². The van der Waals surface area contributed by atoms with Crippen LogP contribution in [0.3, 0.4) is 0 Å². The Kier molecular flexibility index (Phi) is 6.40. The third kappa shape index (κ3) is 5.43. The SMILES string of the molecule is CN(CCN(C)C1CC1)C(=O)CCC[C@@H](O)c1ccccc1. The summed E-state index contributed by atoms with van der Waals surface area (Å²) in [6, 6.07) is 10.4. The first-order valence-electron chi connectivity index (χ1n) is 8.25. The molecule has 0 bridgehead atoms. The van der Waals surface area contributed by atoms with E-state index >= 15 is 0 Å². The number of rotatable bonds is 9. The summed E-state index contributed by atoms with van der Waals surface area (Å²) < 4.78 is 0. The molecule has 1 atom stereocenters. The zero-order valence-electron chi connectivity index (χ0n) is 13.7. The molecule has 0 aromatic heterocycles. The van der Waals surface area contributed by atoms with E-state index < -0.39 is 6.10 Å². The molecule has 1 N–H and O–H groups in total. The minimum atomic E-state index is -0.472. The van der Waals surface area contributed by atoms with Gasteiger partial charge in [-0.2, -0.15) is 0 Å². The molecule has 4 nitrogen and oxygen atoms in total. The lowest BCUT2D eigenvalue weighted by Crippen LogP contribution is -2.35. The summed E-state index contributed by atoms with van der Waals surface area (Å²) in [4.78, 5) is 16.2. The summed E-state index contributed by atoms with van der Waals surface area (Å²) in [6.45, 7) is 1.73. The van der Waals surface area contributed by atoms with Crippen molar-refractivity contribution in [2.24, 2.45) is 0 Å². The van der Waals surface area contributed by atoms with Crippen LogP contribution in [0.25, 0.3) is 0 Å². The highest BCUT2D eigenvalue weighted by Crippen LogP contribution is 2.24. The summed E-state index contributed by atoms with van der Waals surface area (Å²) in [6.07, 6.45) is 3.98. The highest BCUT2D eigenvalue weighted by Gasteiger charge is 2.26. The zero-order valence-corrected chi connectivity index (χ0v) is 13.7. The van der Waals surface area contributed by atoms with Crippen molar-refractivity contribution >= 4 is 5.91 Å². The number of hydrogen-bond acceptors (Lipinski definition) is 3. The Morgan fingerprint density at radius 2 is 1.91 bits per heavy atom. The average molecular weight is 304 g/mol. The monoisotopic (exact) mass is 304 g/mol. The first-order chi connectivity index (χ1) is 10.6. The number of carbonyl (C=O) groups excluding carboxylic acids is 1. The maximum atomic E-state index is 12.1. The van der Waals surface area contributed by atoms with Crippen molar-refractivity contribution < 1.29 is 9.90 Å². The standard InChI is InChI=1S/C18H28N2O2/c1-19(16-11-12-16)13-14-20(2)18(22)10-6-9-17(21)15-7-4-3-5-8-15/h3-5,7-8,16-17,21H,6,9-14H2,1-2H3/t17-/m1/s1. The van der Waals surface area contributed by atoms with Crippen LogP contribution in [0.15, 0.2) is 30.3 Å². The maximum Gasteiger partial charge on any atom is 0.222 e. The van der Waals surface area contributed by atoms with E-state index in [0.717, 1.165) is 31.1 Å². The van der Waals surface area contributed by atoms with Crippen LogP contribution in [-0.4, -0.2) is 54.0 Å². The van der Waals surface area contributed by atoms with Gasteiger partial charge in [-0.3, -0.25) is 4.79 Å². The molecule has 1 aliphatic rings. The molecule has 4 heteroatoms. The van der Waals surface area contributed by atoms with Crippen LogP contribution in [0.1, 0.15) is 43.8 Å². The third-order valence-corrected chi connectivity index (χ3v) is 4.44. The molecule has 0 saturated heterocycles. The lowest BCUT2D eigenvalue weighted by molar-refractivity contribution is -0.130. The Morgan fingerprint density at radius 1 is 1.23 bits per heavy atom. The molecular weight excluding hydrogens is 276 g/mol. The van der Waals surface area contributed by atoms with Crippen molar-refractivity contribution in [2.45, 2.75) is 44.2 Å². The molecule has 22 heavy (non-hydrogen) atoms. The van der Waals surface area contributed by atoms with Crippen LogP contribution in [0.4, 0.5) is 0 Å². The number of likely N-dealkylation sites (N-methyl/N-ethyl adjacent to an activating group) is 2. The molecule has 1 aromatic carbocycles. The van der Waals surface area contributed by atoms with Gasteiger partial charge in [0.05, 0.1) is 6.10 Å². The van der Waals surface area contributed by atoms with Gasteiger partial charge in [0.15, 0.2) is 0 Å². The normalized spacial score (nSPS) is 15.8. The van der Waals surface area contributed by atoms with Gasteiger partial charge in [0, 0.05) is 32.6 Å². The predicted octanol–water partition coefficient (Wildman–Crippen LogP) is 2.44. The smallest absolute Gasteiger partial charge is 0.222 e. The molecule has 1 aromatic rings. The van der Waals surface area contributed by atoms with Crippen molar-refractivity contribution in [3.63, 3.8) is 0 Å². The first kappa shape index (κ1) is 17.0. The molecule has 0 radical (unpaired) electrons. The Hall–Kier alpha value is -1.39. The number of carbonyl (C=O) groups is 1. The molecule has 1 aliphatic carbocycles. The Morgan fingerprint density at radius 3 is 2.55 bits per heavy atom. The summed E-state index contributed by atoms with van der Waals surface area (Å²) in [7, 11) is 4.00. The Bertz CT molecular complexity index is 459. The molecule has 1 amide bonds. The van der Waals surface area contributed by atoms with Crippen molar-refractivity contribution in [1.29, 1.82) is 0 Å². The average Bonchev–Trinajstić information content (AvgIpc) is 3.37. The molecule has 1 fully saturated rings. The van der Waals surface area contributed by atoms with Gasteiger partial charge in [0.25, 0.3) is 0 Å². The second-order valence-electron chi connectivity index (χ2n) is 6.35. The van der Waals surface area contributed by atoms with E-state index in [1.165, 1.54) is 12.8 Å². The van der Waals surface area contributed by atoms with Crippen LogP contribution < -0.4 is 0 Å². The van der Waals surface area contributed by atoms with Gasteiger partial charge in [-0.05, 0) is 38.3 Å². The largest absolute Gasteiger partial charge is 0.388 e. The van der Waals surface area contributed by atoms with Crippen molar-refractivity contribution in [1.82, 2.24) is 9.80 Å². The fourth-order valence-corrected chi connectivity index (χ4v) is 2.61. The summed E-state index contributed by atoms with van der Waals surface area (Å²) in [5.74, 6) is 0.171. The van der Waals surface area contributed by atoms with Gasteiger partial charge >= 0.3 is 0 Å². The van der Waals surface area contributed by atoms with Gasteiger partial charge < -0.3 is 14.9 Å². The van der Waals surface area contributed by atoms with E-state index in [9.17, 15) is 9.90 Å². The lowest BCUT2D eigenvalue weighted by atomic mass is 10.0. The minimum absolute atomic E-state index is 0.171. The number of aliphatic hydroxyl groups is 1. The molecule has 0 aliphatic heterocycles. The molecule has 0 unspecified atom stereocenters. The molecule has 0 heterocycles. The van der Waals surface area contributed by atoms with Crippen LogP contribution in [0.2, 0.25) is 0 Å². The van der Waals surface area contributed by atoms with Gasteiger partial charge in [-0.25, -0.2) is 0 Å². The first-order valence-corrected chi connectivity index (χ1v) is 8.25. The number of amides is 1. The second kappa shape index (κ2) is 8.30. The molecule has 2 rings (SSSR count). The van der Waals surface area contributed by atoms with Gasteiger partial charge in [0.2, 0.25) is 5.91 Å². The minimum Gasteiger partial charge on any atom is -0.388 e. The second-order valence-corrected chi connectivity index (χ2v) is 6.35. The lowest BCUT2D eigenvalue weighted by Gasteiger charge is -2.22. The topological polar surface area (TPSA) is 43.8 Å². The quantitative estimate of drug-likeness (QED) is 0.762. The Labute approximate surface area is 133 Å². The van der Waals surface area contributed by atoms with Crippen LogP contribution in [-0.2, 0) is 4.79 Å². The summed E-state index contributed by atoms with van der Waals surface area (Å²) in [5, 5.41) is 10.1. The highest BCUT2D eigenvalue weighted by molar-refractivity contribution is 5.75. The predicted molar refractivity (Wildman–Crippen MR) is 88.5 cm³/mol. The summed E-state index contributed by atoms with van der Waals surface area (Å²) in [5.41, 5.74) is 0.925. The van der Waals surface area contributed by atoms with E-state index in [0.29, 0.717) is 12.8 Å². The van der Waals surface area contributed by atoms with Crippen molar-refractivity contribution in [3.05, 3.63) is 35.9 Å². The number of nitrogens with zero attached hydrogens (tertiary/aromatic N) is 2. The van der Waals surface area contributed by atoms with E-state index in [1.54, 1.807) is 0 Å². The number of aliphatic hydroxyl groups excluding tert-OH is 1. The molecule has 0 spiro atoms. The fraction of sp³-hybridized carbons (Fsp3) is 0.611. The molecule has 122 valence electrons. The Balaban J connectivity index is 1.62. The van der Waals surface area contributed by atoms with Gasteiger partial charge in [-0.15, -0.1) is 0 Å². The van der Waals surface area contributed by atoms with Crippen molar-refractivity contribution in [2.75, 3.05) is 27.2 Å². The number of hydrogen-bond donors (Lipinski definition) is 1. The molecular formula is C18H28N2O2. The highest BCUT2D eigenvalue weighted by atomic mass is 16.3. The van der Waals surface area contributed by atoms with E-state index in [1.807, 2.05) is 42.3 Å². The van der Waals surface area contributed by atoms with E-state index in [2.05, 4.69) is 11.9 Å². The third-order valence-electron chi connectivity index (χ3n) is 4.44. The van der Waals surface area contributed by atoms with Gasteiger partial charge in [0.1, 0.15) is 0 Å². The number of benzene rings is 1. The van der Waals surface area contributed by atoms with E-state index in [-0.39, 0.29) is 5.91 Å².